The first kappa shape index (κ1) is 14.4. The van der Waals surface area contributed by atoms with Crippen molar-refractivity contribution < 1.29 is 4.79 Å². The van der Waals surface area contributed by atoms with Gasteiger partial charge in [-0.15, -0.1) is 11.3 Å². The number of carbonyl (C=O) groups is 1. The fraction of sp³-hybridized carbons (Fsp3) is 0.154. The van der Waals surface area contributed by atoms with Gasteiger partial charge in [0, 0.05) is 20.6 Å². The first-order valence-electron chi connectivity index (χ1n) is 5.58. The van der Waals surface area contributed by atoms with Gasteiger partial charge in [0.15, 0.2) is 0 Å². The van der Waals surface area contributed by atoms with E-state index in [2.05, 4.69) is 21.2 Å². The molecule has 0 saturated heterocycles. The van der Waals surface area contributed by atoms with E-state index in [0.29, 0.717) is 15.6 Å². The molecule has 3 N–H and O–H groups in total. The highest BCUT2D eigenvalue weighted by atomic mass is 79.9. The van der Waals surface area contributed by atoms with Crippen LogP contribution in [0.2, 0.25) is 4.34 Å². The lowest BCUT2D eigenvalue weighted by Crippen LogP contribution is -2.26. The molecular weight excluding hydrogens is 348 g/mol. The van der Waals surface area contributed by atoms with E-state index in [1.807, 2.05) is 19.1 Å². The van der Waals surface area contributed by atoms with E-state index in [0.717, 1.165) is 9.35 Å². The number of hydrogen-bond acceptors (Lipinski definition) is 3. The Bertz CT molecular complexity index is 594. The smallest absolute Gasteiger partial charge is 0.251 e. The fourth-order valence-electron chi connectivity index (χ4n) is 1.66. The molecule has 2 aromatic rings. The van der Waals surface area contributed by atoms with Crippen LogP contribution in [0, 0.1) is 0 Å². The van der Waals surface area contributed by atoms with Crippen LogP contribution in [0.15, 0.2) is 34.8 Å². The summed E-state index contributed by atoms with van der Waals surface area (Å²) in [5, 5.41) is 2.92. The predicted molar refractivity (Wildman–Crippen MR) is 83.8 cm³/mol. The first-order chi connectivity index (χ1) is 8.95. The summed E-state index contributed by atoms with van der Waals surface area (Å²) in [7, 11) is 0. The largest absolute Gasteiger partial charge is 0.399 e. The monoisotopic (exact) mass is 358 g/mol. The van der Waals surface area contributed by atoms with Crippen molar-refractivity contribution in [2.24, 2.45) is 0 Å². The number of nitrogens with two attached hydrogens (primary N) is 1. The second-order valence-electron chi connectivity index (χ2n) is 4.11. The summed E-state index contributed by atoms with van der Waals surface area (Å²) in [5.74, 6) is -0.162. The molecule has 0 radical (unpaired) electrons. The number of nitrogens with one attached hydrogen (secondary N) is 1. The van der Waals surface area contributed by atoms with Crippen molar-refractivity contribution in [1.29, 1.82) is 0 Å². The van der Waals surface area contributed by atoms with Crippen molar-refractivity contribution in [3.05, 3.63) is 49.6 Å². The van der Waals surface area contributed by atoms with Crippen molar-refractivity contribution in [3.8, 4) is 0 Å². The van der Waals surface area contributed by atoms with Crippen molar-refractivity contribution in [1.82, 2.24) is 5.32 Å². The molecule has 100 valence electrons. The van der Waals surface area contributed by atoms with Crippen LogP contribution in [-0.2, 0) is 0 Å². The van der Waals surface area contributed by atoms with Gasteiger partial charge in [-0.05, 0) is 37.3 Å². The summed E-state index contributed by atoms with van der Waals surface area (Å²) < 4.78 is 1.49. The third-order valence-electron chi connectivity index (χ3n) is 2.55. The van der Waals surface area contributed by atoms with Crippen LogP contribution in [0.5, 0.6) is 0 Å². The number of hydrogen-bond donors (Lipinski definition) is 2. The second-order valence-corrected chi connectivity index (χ2v) is 6.77. The minimum Gasteiger partial charge on any atom is -0.399 e. The zero-order valence-corrected chi connectivity index (χ0v) is 13.3. The Morgan fingerprint density at radius 3 is 2.74 bits per heavy atom. The average molecular weight is 360 g/mol. The van der Waals surface area contributed by atoms with Gasteiger partial charge in [-0.1, -0.05) is 27.5 Å². The van der Waals surface area contributed by atoms with Crippen LogP contribution in [-0.4, -0.2) is 5.91 Å². The average Bonchev–Trinajstić information content (AvgIpc) is 2.74. The molecule has 0 aliphatic rings. The molecule has 0 bridgehead atoms. The minimum atomic E-state index is -0.162. The summed E-state index contributed by atoms with van der Waals surface area (Å²) in [6.07, 6.45) is 0. The molecule has 1 unspecified atom stereocenters. The summed E-state index contributed by atoms with van der Waals surface area (Å²) in [4.78, 5) is 13.1. The maximum Gasteiger partial charge on any atom is 0.251 e. The zero-order valence-electron chi connectivity index (χ0n) is 10.1. The van der Waals surface area contributed by atoms with Crippen molar-refractivity contribution in [2.45, 2.75) is 13.0 Å². The molecule has 0 fully saturated rings. The maximum atomic E-state index is 12.1. The second kappa shape index (κ2) is 5.94. The molecule has 0 aliphatic heterocycles. The highest BCUT2D eigenvalue weighted by Crippen LogP contribution is 2.27. The van der Waals surface area contributed by atoms with E-state index >= 15 is 0 Å². The lowest BCUT2D eigenvalue weighted by Gasteiger charge is -2.12. The van der Waals surface area contributed by atoms with Gasteiger partial charge in [0.25, 0.3) is 5.91 Å². The van der Waals surface area contributed by atoms with Crippen LogP contribution in [0.25, 0.3) is 0 Å². The fourth-order valence-corrected chi connectivity index (χ4v) is 3.23. The molecule has 6 heteroatoms. The number of amides is 1. The maximum absolute atomic E-state index is 12.1. The van der Waals surface area contributed by atoms with Gasteiger partial charge in [0.05, 0.1) is 10.4 Å². The summed E-state index contributed by atoms with van der Waals surface area (Å²) in [6.45, 7) is 1.92. The SMILES string of the molecule is CC(NC(=O)c1cc(N)cc(Br)c1)c1ccc(Cl)s1. The van der Waals surface area contributed by atoms with Crippen molar-refractivity contribution >= 4 is 50.5 Å². The molecular formula is C13H12BrClN2OS. The lowest BCUT2D eigenvalue weighted by molar-refractivity contribution is 0.0940. The molecule has 1 aromatic heterocycles. The normalized spacial score (nSPS) is 12.2. The molecule has 0 saturated carbocycles. The number of carbonyl (C=O) groups excluding carboxylic acids is 1. The van der Waals surface area contributed by atoms with Crippen LogP contribution in [0.3, 0.4) is 0 Å². The quantitative estimate of drug-likeness (QED) is 0.805. The van der Waals surface area contributed by atoms with E-state index in [4.69, 9.17) is 17.3 Å². The molecule has 0 spiro atoms. The molecule has 1 aromatic carbocycles. The van der Waals surface area contributed by atoms with Crippen LogP contribution in [0.4, 0.5) is 5.69 Å². The standard InChI is InChI=1S/C13H12BrClN2OS/c1-7(11-2-3-12(15)19-11)17-13(18)8-4-9(14)6-10(16)5-8/h2-7H,16H2,1H3,(H,17,18). The van der Waals surface area contributed by atoms with Crippen molar-refractivity contribution in [3.63, 3.8) is 0 Å². The van der Waals surface area contributed by atoms with Gasteiger partial charge in [0.1, 0.15) is 0 Å². The Labute approximate surface area is 128 Å². The minimum absolute atomic E-state index is 0.0924. The van der Waals surface area contributed by atoms with Gasteiger partial charge in [-0.2, -0.15) is 0 Å². The third kappa shape index (κ3) is 3.72. The van der Waals surface area contributed by atoms with E-state index in [-0.39, 0.29) is 11.9 Å². The number of nitrogen functional groups attached to an aromatic ring is 1. The van der Waals surface area contributed by atoms with Crippen LogP contribution < -0.4 is 11.1 Å². The summed E-state index contributed by atoms with van der Waals surface area (Å²) in [6, 6.07) is 8.77. The molecule has 2 rings (SSSR count). The first-order valence-corrected chi connectivity index (χ1v) is 7.56. The van der Waals surface area contributed by atoms with Gasteiger partial charge < -0.3 is 11.1 Å². The predicted octanol–water partition coefficient (Wildman–Crippen LogP) is 4.24. The van der Waals surface area contributed by atoms with E-state index in [1.165, 1.54) is 11.3 Å². The topological polar surface area (TPSA) is 55.1 Å². The van der Waals surface area contributed by atoms with E-state index in [9.17, 15) is 4.79 Å². The van der Waals surface area contributed by atoms with Gasteiger partial charge in [0.2, 0.25) is 0 Å². The van der Waals surface area contributed by atoms with Crippen LogP contribution >= 0.6 is 38.9 Å². The number of thiophene rings is 1. The van der Waals surface area contributed by atoms with E-state index < -0.39 is 0 Å². The molecule has 1 amide bonds. The highest BCUT2D eigenvalue weighted by Gasteiger charge is 2.13. The Balaban J connectivity index is 2.12. The van der Waals surface area contributed by atoms with Crippen molar-refractivity contribution in [2.75, 3.05) is 5.73 Å². The zero-order chi connectivity index (χ0) is 14.0. The number of halogens is 2. The molecule has 0 aliphatic carbocycles. The molecule has 3 nitrogen and oxygen atoms in total. The van der Waals surface area contributed by atoms with Gasteiger partial charge in [-0.25, -0.2) is 0 Å². The Morgan fingerprint density at radius 2 is 2.16 bits per heavy atom. The summed E-state index contributed by atoms with van der Waals surface area (Å²) in [5.41, 5.74) is 6.79. The Morgan fingerprint density at radius 1 is 1.42 bits per heavy atom. The van der Waals surface area contributed by atoms with Gasteiger partial charge >= 0.3 is 0 Å². The third-order valence-corrected chi connectivity index (χ3v) is 4.42. The molecule has 1 atom stereocenters. The lowest BCUT2D eigenvalue weighted by atomic mass is 10.1. The number of anilines is 1. The van der Waals surface area contributed by atoms with E-state index in [1.54, 1.807) is 18.2 Å². The van der Waals surface area contributed by atoms with Crippen LogP contribution in [0.1, 0.15) is 28.2 Å². The Kier molecular flexibility index (Phi) is 4.50. The summed E-state index contributed by atoms with van der Waals surface area (Å²) >= 11 is 10.7. The molecule has 19 heavy (non-hydrogen) atoms. The van der Waals surface area contributed by atoms with Gasteiger partial charge in [-0.3, -0.25) is 4.79 Å². The number of benzene rings is 1. The Hall–Kier alpha value is -1.04. The number of rotatable bonds is 3. The highest BCUT2D eigenvalue weighted by molar-refractivity contribution is 9.10. The molecule has 1 heterocycles.